The summed E-state index contributed by atoms with van der Waals surface area (Å²) >= 11 is 0. The van der Waals surface area contributed by atoms with Crippen molar-refractivity contribution in [2.75, 3.05) is 7.11 Å². The van der Waals surface area contributed by atoms with Crippen LogP contribution < -0.4 is 4.74 Å². The van der Waals surface area contributed by atoms with E-state index < -0.39 is 0 Å². The van der Waals surface area contributed by atoms with E-state index in [0.717, 1.165) is 35.8 Å². The second-order valence-electron chi connectivity index (χ2n) is 7.11. The van der Waals surface area contributed by atoms with E-state index in [9.17, 15) is 4.79 Å². The number of fused-ring (bicyclic) bond motifs is 3. The molecule has 0 N–H and O–H groups in total. The topological polar surface area (TPSA) is 41.9 Å². The minimum atomic E-state index is -0.0115. The predicted octanol–water partition coefficient (Wildman–Crippen LogP) is 3.62. The zero-order chi connectivity index (χ0) is 19.5. The molecule has 1 aliphatic heterocycles. The molecule has 4 nitrogen and oxygen atoms in total. The van der Waals surface area contributed by atoms with Crippen LogP contribution in [0.4, 0.5) is 0 Å². The molecule has 5 heteroatoms. The Bertz CT molecular complexity index is 731. The number of carbonyl (C=O) groups excluding carboxylic acids is 1. The molecule has 0 unspecified atom stereocenters. The first kappa shape index (κ1) is 22.4. The van der Waals surface area contributed by atoms with Crippen molar-refractivity contribution >= 4 is 11.6 Å². The second-order valence-corrected chi connectivity index (χ2v) is 7.11. The summed E-state index contributed by atoms with van der Waals surface area (Å²) in [7, 11) is 1.70. The predicted molar refractivity (Wildman–Crippen MR) is 110 cm³/mol. The Morgan fingerprint density at radius 1 is 1.07 bits per heavy atom. The summed E-state index contributed by atoms with van der Waals surface area (Å²) < 4.78 is 5.50. The van der Waals surface area contributed by atoms with E-state index in [-0.39, 0.29) is 34.9 Å². The molecule has 0 saturated heterocycles. The molecule has 148 valence electrons. The summed E-state index contributed by atoms with van der Waals surface area (Å²) in [5.74, 6) is 2.31. The fourth-order valence-corrected chi connectivity index (χ4v) is 4.22. The van der Waals surface area contributed by atoms with Gasteiger partial charge < -0.3 is 4.74 Å². The van der Waals surface area contributed by atoms with Crippen molar-refractivity contribution < 1.29 is 26.6 Å². The molecular formula is C24H24FeN2O2+2. The Morgan fingerprint density at radius 3 is 2.31 bits per heavy atom. The number of methoxy groups -OCH3 is 1. The van der Waals surface area contributed by atoms with Crippen LogP contribution in [0.15, 0.2) is 23.3 Å². The van der Waals surface area contributed by atoms with Gasteiger partial charge in [0.1, 0.15) is 5.75 Å². The summed E-state index contributed by atoms with van der Waals surface area (Å²) in [6, 6.07) is 6.09. The molecule has 0 aromatic heterocycles. The average molecular weight is 428 g/mol. The molecule has 1 amide bonds. The number of nitrogens with zero attached hydrogens (tertiary/aromatic N) is 2. The van der Waals surface area contributed by atoms with Gasteiger partial charge in [0.05, 0.1) is 18.9 Å². The molecule has 29 heavy (non-hydrogen) atoms. The summed E-state index contributed by atoms with van der Waals surface area (Å²) in [6.45, 7) is 1.59. The number of hydrazone groups is 1. The molecule has 4 aliphatic rings. The van der Waals surface area contributed by atoms with Crippen molar-refractivity contribution in [1.82, 2.24) is 5.01 Å². The maximum Gasteiger partial charge on any atom is 2.00 e. The number of ether oxygens (including phenoxy) is 1. The van der Waals surface area contributed by atoms with Gasteiger partial charge in [-0.1, -0.05) is 12.1 Å². The zero-order valence-electron chi connectivity index (χ0n) is 16.6. The SMILES string of the molecule is COc1cccc2c1CC[C@@H]1C2=NN(C(C)=O)[C@@H]1[C]1[CH][CH][CH][CH]1.[CH]1[CH][CH][CH][CH]1.[Fe+2]. The fourth-order valence-electron chi connectivity index (χ4n) is 4.22. The number of benzene rings is 1. The molecule has 2 atom stereocenters. The Labute approximate surface area is 185 Å². The molecule has 10 radical (unpaired) electrons. The smallest absolute Gasteiger partial charge is 0.496 e. The van der Waals surface area contributed by atoms with E-state index in [2.05, 4.69) is 18.9 Å². The Hall–Kier alpha value is -1.32. The van der Waals surface area contributed by atoms with Crippen molar-refractivity contribution in [2.45, 2.75) is 25.8 Å². The van der Waals surface area contributed by atoms with E-state index in [1.54, 1.807) is 19.0 Å². The van der Waals surface area contributed by atoms with Gasteiger partial charge in [0.2, 0.25) is 5.91 Å². The van der Waals surface area contributed by atoms with Gasteiger partial charge in [-0.2, -0.15) is 5.10 Å². The number of amides is 1. The van der Waals surface area contributed by atoms with Crippen molar-refractivity contribution in [1.29, 1.82) is 0 Å². The Morgan fingerprint density at radius 2 is 1.72 bits per heavy atom. The minimum Gasteiger partial charge on any atom is -0.496 e. The third-order valence-corrected chi connectivity index (χ3v) is 5.45. The largest absolute Gasteiger partial charge is 2.00 e. The standard InChI is InChI=1S/C19H19N2O2.C5H5.Fe/c1-12(22)21-19(13-6-3-4-7-13)16-11-10-14-15(18(16)20-21)8-5-9-17(14)23-2;1-2-4-5-3-1;/h3-9,16,19H,10-11H2,1-2H3;1-5H;/q;;+2/t16-,19-;;/m1../s1. The third kappa shape index (κ3) is 4.56. The first-order valence-corrected chi connectivity index (χ1v) is 9.63. The number of hydrogen-bond donors (Lipinski definition) is 0. The Kier molecular flexibility index (Phi) is 7.81. The molecule has 2 fully saturated rings. The molecule has 0 bridgehead atoms. The number of carbonyl (C=O) groups is 1. The van der Waals surface area contributed by atoms with Gasteiger partial charge in [-0.15, -0.1) is 0 Å². The second kappa shape index (κ2) is 10.1. The van der Waals surface area contributed by atoms with Crippen LogP contribution in [0.2, 0.25) is 0 Å². The molecule has 3 aliphatic carbocycles. The molecule has 0 spiro atoms. The van der Waals surface area contributed by atoms with Crippen molar-refractivity contribution in [3.05, 3.63) is 93.0 Å². The summed E-state index contributed by atoms with van der Waals surface area (Å²) in [5, 5.41) is 6.37. The van der Waals surface area contributed by atoms with Crippen LogP contribution >= 0.6 is 0 Å². The van der Waals surface area contributed by atoms with Gasteiger partial charge in [0.15, 0.2) is 0 Å². The minimum absolute atomic E-state index is 0. The molecule has 1 heterocycles. The van der Waals surface area contributed by atoms with Crippen LogP contribution in [0.3, 0.4) is 0 Å². The normalized spacial score (nSPS) is 25.3. The molecule has 2 saturated carbocycles. The van der Waals surface area contributed by atoms with Crippen LogP contribution in [0.25, 0.3) is 0 Å². The molecule has 1 aromatic carbocycles. The molecular weight excluding hydrogens is 404 g/mol. The average Bonchev–Trinajstić information content (AvgIpc) is 3.48. The summed E-state index contributed by atoms with van der Waals surface area (Å²) in [4.78, 5) is 12.1. The number of rotatable bonds is 2. The van der Waals surface area contributed by atoms with E-state index in [1.807, 2.05) is 57.1 Å². The molecule has 5 rings (SSSR count). The van der Waals surface area contributed by atoms with E-state index in [0.29, 0.717) is 0 Å². The van der Waals surface area contributed by atoms with Crippen LogP contribution in [0, 0.1) is 69.6 Å². The van der Waals surface area contributed by atoms with Gasteiger partial charge in [0, 0.05) is 29.9 Å². The van der Waals surface area contributed by atoms with Gasteiger partial charge in [-0.05, 0) is 76.7 Å². The van der Waals surface area contributed by atoms with E-state index >= 15 is 0 Å². The quantitative estimate of drug-likeness (QED) is 0.676. The van der Waals surface area contributed by atoms with Crippen molar-refractivity contribution in [3.63, 3.8) is 0 Å². The maximum atomic E-state index is 12.1. The number of hydrogen-bond acceptors (Lipinski definition) is 3. The van der Waals surface area contributed by atoms with E-state index in [4.69, 9.17) is 9.84 Å². The van der Waals surface area contributed by atoms with Crippen LogP contribution in [-0.2, 0) is 28.3 Å². The Balaban J connectivity index is 0.000000352. The summed E-state index contributed by atoms with van der Waals surface area (Å²) in [5.41, 5.74) is 3.35. The first-order valence-electron chi connectivity index (χ1n) is 9.63. The fraction of sp³-hybridized carbons (Fsp3) is 0.250. The van der Waals surface area contributed by atoms with Gasteiger partial charge in [-0.3, -0.25) is 4.79 Å². The van der Waals surface area contributed by atoms with Crippen LogP contribution in [-0.4, -0.2) is 29.8 Å². The summed E-state index contributed by atoms with van der Waals surface area (Å²) in [6.07, 6.45) is 20.1. The maximum absolute atomic E-state index is 12.1. The van der Waals surface area contributed by atoms with Gasteiger partial charge in [0.25, 0.3) is 0 Å². The monoisotopic (exact) mass is 428 g/mol. The first-order chi connectivity index (χ1) is 13.7. The van der Waals surface area contributed by atoms with Gasteiger partial charge >= 0.3 is 17.1 Å². The van der Waals surface area contributed by atoms with Crippen molar-refractivity contribution in [3.8, 4) is 5.75 Å². The zero-order valence-corrected chi connectivity index (χ0v) is 17.7. The van der Waals surface area contributed by atoms with Crippen LogP contribution in [0.5, 0.6) is 5.75 Å². The van der Waals surface area contributed by atoms with Crippen molar-refractivity contribution in [2.24, 2.45) is 11.0 Å². The van der Waals surface area contributed by atoms with E-state index in [1.165, 1.54) is 5.56 Å². The third-order valence-electron chi connectivity index (χ3n) is 5.45. The van der Waals surface area contributed by atoms with Crippen LogP contribution in [0.1, 0.15) is 24.5 Å². The molecule has 1 aromatic rings. The van der Waals surface area contributed by atoms with Gasteiger partial charge in [-0.25, -0.2) is 5.01 Å².